The van der Waals surface area contributed by atoms with Crippen LogP contribution in [0.4, 0.5) is 8.78 Å². The second-order valence-corrected chi connectivity index (χ2v) is 6.44. The first-order chi connectivity index (χ1) is 9.93. The molecule has 0 radical (unpaired) electrons. The lowest BCUT2D eigenvalue weighted by Crippen LogP contribution is -2.70. The van der Waals surface area contributed by atoms with Crippen LogP contribution in [0.2, 0.25) is 0 Å². The number of hydrogen-bond donors (Lipinski definition) is 2. The molecule has 5 heteroatoms. The van der Waals surface area contributed by atoms with Crippen molar-refractivity contribution in [3.05, 3.63) is 35.4 Å². The maximum atomic E-state index is 13.4. The van der Waals surface area contributed by atoms with Crippen molar-refractivity contribution in [2.75, 3.05) is 6.54 Å². The van der Waals surface area contributed by atoms with Gasteiger partial charge in [0.2, 0.25) is 5.91 Å². The fourth-order valence-corrected chi connectivity index (χ4v) is 3.45. The van der Waals surface area contributed by atoms with E-state index in [1.165, 1.54) is 12.1 Å². The number of halogens is 2. The van der Waals surface area contributed by atoms with Crippen molar-refractivity contribution in [2.45, 2.75) is 50.1 Å². The molecule has 1 amide bonds. The standard InChI is InChI=1S/C16H20F2N2O/c1-15(11-7-12(17)9-13(18)8-11)10-19-16(14(21)20-15)5-3-2-4-6-16/h7-9,19H,2-6,10H2,1H3,(H,20,21)/t15-/m0/s1. The molecule has 3 nitrogen and oxygen atoms in total. The SMILES string of the molecule is C[C@@]1(c2cc(F)cc(F)c2)CNC2(CCCCC2)C(=O)N1. The summed E-state index contributed by atoms with van der Waals surface area (Å²) < 4.78 is 26.9. The summed E-state index contributed by atoms with van der Waals surface area (Å²) in [6, 6.07) is 3.40. The molecule has 1 spiro atoms. The number of benzene rings is 1. The van der Waals surface area contributed by atoms with E-state index in [1.54, 1.807) is 6.92 Å². The summed E-state index contributed by atoms with van der Waals surface area (Å²) in [7, 11) is 0. The van der Waals surface area contributed by atoms with E-state index in [-0.39, 0.29) is 5.91 Å². The van der Waals surface area contributed by atoms with Crippen molar-refractivity contribution in [1.29, 1.82) is 0 Å². The molecule has 1 aromatic rings. The van der Waals surface area contributed by atoms with Crippen molar-refractivity contribution in [3.63, 3.8) is 0 Å². The maximum Gasteiger partial charge on any atom is 0.241 e. The van der Waals surface area contributed by atoms with Crippen LogP contribution in [-0.2, 0) is 10.3 Å². The molecule has 0 bridgehead atoms. The number of carbonyl (C=O) groups excluding carboxylic acids is 1. The summed E-state index contributed by atoms with van der Waals surface area (Å²) in [6.07, 6.45) is 4.87. The topological polar surface area (TPSA) is 41.1 Å². The van der Waals surface area contributed by atoms with Gasteiger partial charge in [-0.05, 0) is 37.5 Å². The highest BCUT2D eigenvalue weighted by atomic mass is 19.1. The highest BCUT2D eigenvalue weighted by Crippen LogP contribution is 2.34. The van der Waals surface area contributed by atoms with Gasteiger partial charge in [0.25, 0.3) is 0 Å². The van der Waals surface area contributed by atoms with Crippen LogP contribution in [0.15, 0.2) is 18.2 Å². The van der Waals surface area contributed by atoms with Gasteiger partial charge in [-0.1, -0.05) is 19.3 Å². The van der Waals surface area contributed by atoms with Crippen LogP contribution in [0.5, 0.6) is 0 Å². The lowest BCUT2D eigenvalue weighted by atomic mass is 9.76. The van der Waals surface area contributed by atoms with E-state index >= 15 is 0 Å². The Kier molecular flexibility index (Phi) is 3.48. The number of rotatable bonds is 1. The molecule has 21 heavy (non-hydrogen) atoms. The number of nitrogens with one attached hydrogen (secondary N) is 2. The maximum absolute atomic E-state index is 13.4. The molecule has 1 aliphatic heterocycles. The van der Waals surface area contributed by atoms with E-state index in [2.05, 4.69) is 10.6 Å². The van der Waals surface area contributed by atoms with Gasteiger partial charge in [-0.15, -0.1) is 0 Å². The Morgan fingerprint density at radius 2 is 1.67 bits per heavy atom. The first-order valence-corrected chi connectivity index (χ1v) is 7.48. The third kappa shape index (κ3) is 2.55. The Morgan fingerprint density at radius 1 is 1.05 bits per heavy atom. The smallest absolute Gasteiger partial charge is 0.241 e. The van der Waals surface area contributed by atoms with Gasteiger partial charge in [-0.2, -0.15) is 0 Å². The molecule has 2 aliphatic rings. The third-order valence-corrected chi connectivity index (χ3v) is 4.81. The van der Waals surface area contributed by atoms with Crippen molar-refractivity contribution in [2.24, 2.45) is 0 Å². The van der Waals surface area contributed by atoms with Gasteiger partial charge in [-0.3, -0.25) is 4.79 Å². The monoisotopic (exact) mass is 294 g/mol. The zero-order chi connectivity index (χ0) is 15.1. The van der Waals surface area contributed by atoms with Crippen molar-refractivity contribution in [1.82, 2.24) is 10.6 Å². The van der Waals surface area contributed by atoms with Gasteiger partial charge in [0.05, 0.1) is 11.1 Å². The minimum absolute atomic E-state index is 0.0550. The summed E-state index contributed by atoms with van der Waals surface area (Å²) in [5.74, 6) is -1.31. The van der Waals surface area contributed by atoms with Crippen LogP contribution >= 0.6 is 0 Å². The van der Waals surface area contributed by atoms with E-state index in [1.807, 2.05) is 0 Å². The average Bonchev–Trinajstić information content (AvgIpc) is 2.44. The minimum atomic E-state index is -0.789. The first kappa shape index (κ1) is 14.4. The minimum Gasteiger partial charge on any atom is -0.344 e. The molecule has 2 N–H and O–H groups in total. The molecule has 1 saturated heterocycles. The largest absolute Gasteiger partial charge is 0.344 e. The van der Waals surface area contributed by atoms with E-state index in [9.17, 15) is 13.6 Å². The van der Waals surface area contributed by atoms with Gasteiger partial charge in [0.1, 0.15) is 11.6 Å². The van der Waals surface area contributed by atoms with Gasteiger partial charge < -0.3 is 10.6 Å². The first-order valence-electron chi connectivity index (χ1n) is 7.48. The number of piperazine rings is 1. The fourth-order valence-electron chi connectivity index (χ4n) is 3.45. The molecule has 1 saturated carbocycles. The van der Waals surface area contributed by atoms with E-state index in [0.29, 0.717) is 12.1 Å². The van der Waals surface area contributed by atoms with E-state index in [0.717, 1.165) is 38.2 Å². The van der Waals surface area contributed by atoms with Crippen LogP contribution in [0.25, 0.3) is 0 Å². The van der Waals surface area contributed by atoms with Gasteiger partial charge in [-0.25, -0.2) is 8.78 Å². The van der Waals surface area contributed by atoms with E-state index < -0.39 is 22.7 Å². The lowest BCUT2D eigenvalue weighted by molar-refractivity contribution is -0.134. The predicted molar refractivity (Wildman–Crippen MR) is 75.7 cm³/mol. The second-order valence-electron chi connectivity index (χ2n) is 6.44. The average molecular weight is 294 g/mol. The Balaban J connectivity index is 1.86. The highest BCUT2D eigenvalue weighted by molar-refractivity contribution is 5.88. The number of amides is 1. The molecule has 2 fully saturated rings. The normalized spacial score (nSPS) is 28.4. The van der Waals surface area contributed by atoms with Crippen LogP contribution in [0.1, 0.15) is 44.6 Å². The lowest BCUT2D eigenvalue weighted by Gasteiger charge is -2.47. The molecule has 0 aromatic heterocycles. The molecule has 1 heterocycles. The van der Waals surface area contributed by atoms with Gasteiger partial charge in [0.15, 0.2) is 0 Å². The van der Waals surface area contributed by atoms with Crippen LogP contribution in [0, 0.1) is 11.6 Å². The molecule has 0 unspecified atom stereocenters. The van der Waals surface area contributed by atoms with Crippen molar-refractivity contribution >= 4 is 5.91 Å². The van der Waals surface area contributed by atoms with Gasteiger partial charge in [0, 0.05) is 12.6 Å². The molecule has 3 rings (SSSR count). The van der Waals surface area contributed by atoms with Crippen molar-refractivity contribution in [3.8, 4) is 0 Å². The summed E-state index contributed by atoms with van der Waals surface area (Å²) in [6.45, 7) is 2.27. The molecule has 114 valence electrons. The molecular formula is C16H20F2N2O. The Hall–Kier alpha value is -1.49. The van der Waals surface area contributed by atoms with Crippen LogP contribution in [0.3, 0.4) is 0 Å². The van der Waals surface area contributed by atoms with Crippen LogP contribution in [-0.4, -0.2) is 18.0 Å². The zero-order valence-electron chi connectivity index (χ0n) is 12.1. The summed E-state index contributed by atoms with van der Waals surface area (Å²) >= 11 is 0. The molecule has 1 aliphatic carbocycles. The zero-order valence-corrected chi connectivity index (χ0v) is 12.1. The number of hydrogen-bond acceptors (Lipinski definition) is 2. The van der Waals surface area contributed by atoms with E-state index in [4.69, 9.17) is 0 Å². The van der Waals surface area contributed by atoms with Crippen LogP contribution < -0.4 is 10.6 Å². The predicted octanol–water partition coefficient (Wildman–Crippen LogP) is 2.60. The van der Waals surface area contributed by atoms with Crippen molar-refractivity contribution < 1.29 is 13.6 Å². The molecular weight excluding hydrogens is 274 g/mol. The summed E-state index contributed by atoms with van der Waals surface area (Å²) in [5, 5.41) is 6.34. The molecule has 1 aromatic carbocycles. The number of carbonyl (C=O) groups is 1. The fraction of sp³-hybridized carbons (Fsp3) is 0.562. The highest BCUT2D eigenvalue weighted by Gasteiger charge is 2.47. The third-order valence-electron chi connectivity index (χ3n) is 4.81. The Bertz CT molecular complexity index is 549. The quantitative estimate of drug-likeness (QED) is 0.836. The molecule has 1 atom stereocenters. The summed E-state index contributed by atoms with van der Waals surface area (Å²) in [5.41, 5.74) is -0.835. The Labute approximate surface area is 123 Å². The summed E-state index contributed by atoms with van der Waals surface area (Å²) in [4.78, 5) is 12.6. The Morgan fingerprint density at radius 3 is 2.24 bits per heavy atom. The second kappa shape index (κ2) is 5.05. The van der Waals surface area contributed by atoms with Gasteiger partial charge >= 0.3 is 0 Å².